The Hall–Kier alpha value is -1.84. The van der Waals surface area contributed by atoms with Crippen molar-refractivity contribution in [2.75, 3.05) is 13.7 Å². The molecule has 0 saturated heterocycles. The van der Waals surface area contributed by atoms with Crippen LogP contribution in [0, 0.1) is 17.3 Å². The van der Waals surface area contributed by atoms with Crippen LogP contribution in [-0.2, 0) is 14.3 Å². The number of carbonyl (C=O) groups is 1. The number of methoxy groups -OCH3 is 1. The first kappa shape index (κ1) is 16.0. The summed E-state index contributed by atoms with van der Waals surface area (Å²) in [4.78, 5) is 17.6. The van der Waals surface area contributed by atoms with Gasteiger partial charge in [-0.1, -0.05) is 26.0 Å². The highest BCUT2D eigenvalue weighted by Crippen LogP contribution is 2.47. The molecule has 0 aromatic rings. The zero-order valence-corrected chi connectivity index (χ0v) is 14.3. The molecule has 0 aromatic heterocycles. The number of rotatable bonds is 3. The van der Waals surface area contributed by atoms with Gasteiger partial charge in [-0.2, -0.15) is 0 Å². The zero-order valence-electron chi connectivity index (χ0n) is 14.3. The molecule has 0 spiro atoms. The molecular formula is C19H25NO3. The van der Waals surface area contributed by atoms with Gasteiger partial charge >= 0.3 is 0 Å². The molecular weight excluding hydrogens is 290 g/mol. The predicted octanol–water partition coefficient (Wildman–Crippen LogP) is 3.45. The summed E-state index contributed by atoms with van der Waals surface area (Å²) in [6.07, 6.45) is 9.43. The second-order valence-corrected chi connectivity index (χ2v) is 6.98. The van der Waals surface area contributed by atoms with Gasteiger partial charge in [0.2, 0.25) is 5.90 Å². The third-order valence-electron chi connectivity index (χ3n) is 5.24. The number of fused-ring (bicyclic) bond motifs is 1. The van der Waals surface area contributed by atoms with Gasteiger partial charge in [0.25, 0.3) is 0 Å². The topological polar surface area (TPSA) is 47.9 Å². The fourth-order valence-corrected chi connectivity index (χ4v) is 3.59. The molecule has 0 N–H and O–H groups in total. The van der Waals surface area contributed by atoms with Gasteiger partial charge in [-0.25, -0.2) is 4.99 Å². The number of aliphatic imine (C=N–C) groups is 1. The highest BCUT2D eigenvalue weighted by Gasteiger charge is 2.49. The first-order valence-electron chi connectivity index (χ1n) is 8.35. The van der Waals surface area contributed by atoms with E-state index in [4.69, 9.17) is 14.5 Å². The Kier molecular flexibility index (Phi) is 4.17. The molecule has 4 nitrogen and oxygen atoms in total. The molecule has 0 fully saturated rings. The fraction of sp³-hybridized carbons (Fsp3) is 0.579. The lowest BCUT2D eigenvalue weighted by atomic mass is 9.66. The first-order valence-corrected chi connectivity index (χ1v) is 8.35. The third-order valence-corrected chi connectivity index (χ3v) is 5.24. The van der Waals surface area contributed by atoms with E-state index in [1.54, 1.807) is 7.11 Å². The zero-order chi connectivity index (χ0) is 16.6. The van der Waals surface area contributed by atoms with Crippen molar-refractivity contribution in [3.63, 3.8) is 0 Å². The molecule has 1 heterocycles. The minimum atomic E-state index is -0.673. The number of allylic oxidation sites excluding steroid dienone is 5. The van der Waals surface area contributed by atoms with Crippen LogP contribution in [0.4, 0.5) is 0 Å². The Morgan fingerprint density at radius 2 is 2.17 bits per heavy atom. The Morgan fingerprint density at radius 3 is 2.83 bits per heavy atom. The van der Waals surface area contributed by atoms with Gasteiger partial charge in [0.05, 0.1) is 18.6 Å². The summed E-state index contributed by atoms with van der Waals surface area (Å²) >= 11 is 0. The number of carbonyl (C=O) groups excluding carboxylic acids is 1. The quantitative estimate of drug-likeness (QED) is 0.749. The molecule has 0 saturated carbocycles. The molecule has 23 heavy (non-hydrogen) atoms. The molecule has 1 aliphatic heterocycles. The minimum Gasteiger partial charge on any atom is -0.500 e. The molecule has 4 heteroatoms. The van der Waals surface area contributed by atoms with Crippen molar-refractivity contribution in [2.45, 2.75) is 39.7 Å². The minimum absolute atomic E-state index is 0.0814. The van der Waals surface area contributed by atoms with Crippen LogP contribution in [0.5, 0.6) is 0 Å². The molecule has 0 bridgehead atoms. The van der Waals surface area contributed by atoms with Crippen molar-refractivity contribution < 1.29 is 14.3 Å². The van der Waals surface area contributed by atoms with Crippen molar-refractivity contribution in [1.82, 2.24) is 0 Å². The summed E-state index contributed by atoms with van der Waals surface area (Å²) in [6.45, 7) is 6.90. The third kappa shape index (κ3) is 2.54. The Bertz CT molecular complexity index is 627. The van der Waals surface area contributed by atoms with E-state index in [0.717, 1.165) is 17.8 Å². The van der Waals surface area contributed by atoms with Gasteiger partial charge in [0.1, 0.15) is 18.1 Å². The van der Waals surface area contributed by atoms with Gasteiger partial charge in [0, 0.05) is 17.9 Å². The molecule has 0 radical (unpaired) electrons. The van der Waals surface area contributed by atoms with E-state index < -0.39 is 5.41 Å². The fourth-order valence-electron chi connectivity index (χ4n) is 3.59. The summed E-state index contributed by atoms with van der Waals surface area (Å²) in [5, 5.41) is 0. The van der Waals surface area contributed by atoms with E-state index in [9.17, 15) is 4.79 Å². The van der Waals surface area contributed by atoms with Crippen LogP contribution < -0.4 is 0 Å². The van der Waals surface area contributed by atoms with Crippen LogP contribution in [0.2, 0.25) is 0 Å². The number of Topliss-reactive ketones (excluding diaryl/α,β-unsaturated/α-hetero) is 1. The van der Waals surface area contributed by atoms with E-state index in [1.807, 2.05) is 19.1 Å². The average Bonchev–Trinajstić information content (AvgIpc) is 2.96. The monoisotopic (exact) mass is 315 g/mol. The number of hydrogen-bond donors (Lipinski definition) is 0. The Labute approximate surface area is 138 Å². The number of ketones is 1. The lowest BCUT2D eigenvalue weighted by Crippen LogP contribution is -2.40. The molecule has 3 rings (SSSR count). The van der Waals surface area contributed by atoms with Gasteiger partial charge in [0.15, 0.2) is 0 Å². The highest BCUT2D eigenvalue weighted by atomic mass is 16.5. The number of nitrogens with zero attached hydrogens (tertiary/aromatic N) is 1. The number of hydrogen-bond acceptors (Lipinski definition) is 4. The van der Waals surface area contributed by atoms with Crippen LogP contribution in [0.1, 0.15) is 33.6 Å². The van der Waals surface area contributed by atoms with Gasteiger partial charge in [-0.15, -0.1) is 0 Å². The average molecular weight is 315 g/mol. The molecule has 3 aliphatic rings. The van der Waals surface area contributed by atoms with Crippen molar-refractivity contribution in [3.8, 4) is 0 Å². The lowest BCUT2D eigenvalue weighted by molar-refractivity contribution is -0.128. The molecule has 124 valence electrons. The maximum atomic E-state index is 12.8. The second kappa shape index (κ2) is 5.99. The molecule has 3 atom stereocenters. The van der Waals surface area contributed by atoms with Gasteiger partial charge in [-0.05, 0) is 31.4 Å². The Morgan fingerprint density at radius 1 is 1.39 bits per heavy atom. The summed E-state index contributed by atoms with van der Waals surface area (Å²) < 4.78 is 11.4. The summed E-state index contributed by atoms with van der Waals surface area (Å²) in [6, 6.07) is 0.190. The smallest absolute Gasteiger partial charge is 0.213 e. The second-order valence-electron chi connectivity index (χ2n) is 6.98. The van der Waals surface area contributed by atoms with Crippen LogP contribution >= 0.6 is 0 Å². The summed E-state index contributed by atoms with van der Waals surface area (Å²) in [5.41, 5.74) is 0.316. The van der Waals surface area contributed by atoms with Crippen LogP contribution in [0.15, 0.2) is 40.6 Å². The molecule has 0 aromatic carbocycles. The summed E-state index contributed by atoms with van der Waals surface area (Å²) in [7, 11) is 1.63. The number of ether oxygens (including phenoxy) is 2. The molecule has 0 unspecified atom stereocenters. The largest absolute Gasteiger partial charge is 0.500 e. The van der Waals surface area contributed by atoms with Crippen LogP contribution in [0.3, 0.4) is 0 Å². The van der Waals surface area contributed by atoms with E-state index in [0.29, 0.717) is 24.8 Å². The Balaban J connectivity index is 2.04. The molecule has 0 amide bonds. The van der Waals surface area contributed by atoms with Crippen molar-refractivity contribution in [1.29, 1.82) is 0 Å². The van der Waals surface area contributed by atoms with Crippen molar-refractivity contribution in [3.05, 3.63) is 35.6 Å². The molecule has 2 aliphatic carbocycles. The lowest BCUT2D eigenvalue weighted by Gasteiger charge is -2.38. The van der Waals surface area contributed by atoms with Crippen molar-refractivity contribution >= 4 is 11.7 Å². The van der Waals surface area contributed by atoms with Gasteiger partial charge in [-0.3, -0.25) is 4.79 Å². The van der Waals surface area contributed by atoms with E-state index >= 15 is 0 Å². The van der Waals surface area contributed by atoms with Crippen LogP contribution in [0.25, 0.3) is 0 Å². The SMILES string of the molecule is COC1=CC=C(C2=N[C@H](C(C)C)CO2)[C@@H]2C=CCCC(=O)[C@]12C. The standard InChI is InChI=1S/C19H25NO3/c1-12(2)15-11-23-18(20-15)13-9-10-17(22-4)19(3)14(13)7-5-6-8-16(19)21/h5,7,9-10,12,14-15H,6,8,11H2,1-4H3/t14-,15-,19+/m0/s1. The van der Waals surface area contributed by atoms with E-state index in [2.05, 4.69) is 26.0 Å². The predicted molar refractivity (Wildman–Crippen MR) is 90.2 cm³/mol. The normalized spacial score (nSPS) is 33.4. The first-order chi connectivity index (χ1) is 11.0. The maximum Gasteiger partial charge on any atom is 0.213 e. The maximum absolute atomic E-state index is 12.8. The summed E-state index contributed by atoms with van der Waals surface area (Å²) in [5.74, 6) is 1.99. The van der Waals surface area contributed by atoms with Gasteiger partial charge < -0.3 is 9.47 Å². The highest BCUT2D eigenvalue weighted by molar-refractivity contribution is 5.99. The van der Waals surface area contributed by atoms with Crippen LogP contribution in [-0.4, -0.2) is 31.4 Å². The van der Waals surface area contributed by atoms with E-state index in [1.165, 1.54) is 0 Å². The van der Waals surface area contributed by atoms with Crippen molar-refractivity contribution in [2.24, 2.45) is 22.2 Å². The van der Waals surface area contributed by atoms with E-state index in [-0.39, 0.29) is 17.7 Å².